The topological polar surface area (TPSA) is 88.2 Å². The molecule has 1 heterocycles. The summed E-state index contributed by atoms with van der Waals surface area (Å²) in [5.74, 6) is -0.110. The quantitative estimate of drug-likeness (QED) is 0.298. The Balaban J connectivity index is 1.99. The van der Waals surface area contributed by atoms with Gasteiger partial charge in [0.05, 0.1) is 25.2 Å². The van der Waals surface area contributed by atoms with Crippen LogP contribution in [0, 0.1) is 0 Å². The van der Waals surface area contributed by atoms with E-state index in [1.54, 1.807) is 0 Å². The van der Waals surface area contributed by atoms with Crippen molar-refractivity contribution < 1.29 is 14.7 Å². The standard InChI is InChI=1S/C10H17N3O3/c11-9(12-15)6-10(14)13-4-5-16-8-3-1-2-7(8)13/h7-8,15H,1-6H2,(H2,11,12). The van der Waals surface area contributed by atoms with Crippen molar-refractivity contribution >= 4 is 11.7 Å². The fourth-order valence-electron chi connectivity index (χ4n) is 2.53. The highest BCUT2D eigenvalue weighted by atomic mass is 16.5. The van der Waals surface area contributed by atoms with Crippen molar-refractivity contribution in [3.05, 3.63) is 0 Å². The van der Waals surface area contributed by atoms with Gasteiger partial charge in [0.25, 0.3) is 0 Å². The van der Waals surface area contributed by atoms with Crippen LogP contribution in [-0.4, -0.2) is 47.1 Å². The van der Waals surface area contributed by atoms with E-state index < -0.39 is 0 Å². The van der Waals surface area contributed by atoms with Gasteiger partial charge in [-0.2, -0.15) is 0 Å². The molecule has 3 N–H and O–H groups in total. The lowest BCUT2D eigenvalue weighted by atomic mass is 10.1. The van der Waals surface area contributed by atoms with Crippen LogP contribution in [0.2, 0.25) is 0 Å². The van der Waals surface area contributed by atoms with E-state index in [2.05, 4.69) is 5.16 Å². The Morgan fingerprint density at radius 2 is 2.38 bits per heavy atom. The monoisotopic (exact) mass is 227 g/mol. The number of carbonyl (C=O) groups is 1. The molecule has 16 heavy (non-hydrogen) atoms. The molecule has 2 rings (SSSR count). The number of rotatable bonds is 2. The van der Waals surface area contributed by atoms with Gasteiger partial charge in [0, 0.05) is 6.54 Å². The molecular formula is C10H17N3O3. The van der Waals surface area contributed by atoms with Crippen molar-refractivity contribution in [1.29, 1.82) is 0 Å². The Kier molecular flexibility index (Phi) is 3.28. The third-order valence-electron chi connectivity index (χ3n) is 3.26. The zero-order valence-corrected chi connectivity index (χ0v) is 9.13. The van der Waals surface area contributed by atoms with Crippen LogP contribution in [0.5, 0.6) is 0 Å². The first kappa shape index (κ1) is 11.2. The van der Waals surface area contributed by atoms with Crippen molar-refractivity contribution in [2.75, 3.05) is 13.2 Å². The Hall–Kier alpha value is -1.30. The van der Waals surface area contributed by atoms with E-state index in [1.807, 2.05) is 4.90 Å². The summed E-state index contributed by atoms with van der Waals surface area (Å²) in [4.78, 5) is 13.7. The Labute approximate surface area is 94.0 Å². The van der Waals surface area contributed by atoms with Gasteiger partial charge in [0.1, 0.15) is 5.84 Å². The maximum Gasteiger partial charge on any atom is 0.230 e. The molecule has 0 aromatic rings. The van der Waals surface area contributed by atoms with Gasteiger partial charge in [0.2, 0.25) is 5.91 Å². The molecule has 0 spiro atoms. The summed E-state index contributed by atoms with van der Waals surface area (Å²) in [6.45, 7) is 1.20. The molecule has 1 saturated carbocycles. The summed E-state index contributed by atoms with van der Waals surface area (Å²) in [5, 5.41) is 11.3. The van der Waals surface area contributed by atoms with Crippen LogP contribution >= 0.6 is 0 Å². The van der Waals surface area contributed by atoms with Crippen molar-refractivity contribution in [2.45, 2.75) is 37.8 Å². The lowest BCUT2D eigenvalue weighted by Crippen LogP contribution is -2.51. The Morgan fingerprint density at radius 1 is 1.56 bits per heavy atom. The predicted octanol–water partition coefficient (Wildman–Crippen LogP) is -0.0972. The number of fused-ring (bicyclic) bond motifs is 1. The lowest BCUT2D eigenvalue weighted by Gasteiger charge is -2.37. The number of morpholine rings is 1. The maximum absolute atomic E-state index is 11.9. The second kappa shape index (κ2) is 4.69. The molecule has 2 unspecified atom stereocenters. The van der Waals surface area contributed by atoms with Crippen LogP contribution in [0.4, 0.5) is 0 Å². The molecule has 1 aliphatic heterocycles. The summed E-state index contributed by atoms with van der Waals surface area (Å²) in [7, 11) is 0. The van der Waals surface area contributed by atoms with Crippen molar-refractivity contribution in [3.8, 4) is 0 Å². The molecule has 0 radical (unpaired) electrons. The molecule has 6 nitrogen and oxygen atoms in total. The van der Waals surface area contributed by atoms with Crippen molar-refractivity contribution in [3.63, 3.8) is 0 Å². The molecule has 2 fully saturated rings. The van der Waals surface area contributed by atoms with E-state index in [0.717, 1.165) is 19.3 Å². The summed E-state index contributed by atoms with van der Waals surface area (Å²) >= 11 is 0. The second-order valence-corrected chi connectivity index (χ2v) is 4.26. The molecule has 1 saturated heterocycles. The highest BCUT2D eigenvalue weighted by Crippen LogP contribution is 2.29. The number of oxime groups is 1. The van der Waals surface area contributed by atoms with Crippen LogP contribution in [0.25, 0.3) is 0 Å². The number of carbonyl (C=O) groups excluding carboxylic acids is 1. The zero-order chi connectivity index (χ0) is 11.5. The zero-order valence-electron chi connectivity index (χ0n) is 9.13. The maximum atomic E-state index is 11.9. The van der Waals surface area contributed by atoms with Crippen LogP contribution in [0.15, 0.2) is 5.16 Å². The van der Waals surface area contributed by atoms with Gasteiger partial charge in [0.15, 0.2) is 0 Å². The molecule has 6 heteroatoms. The van der Waals surface area contributed by atoms with Gasteiger partial charge >= 0.3 is 0 Å². The van der Waals surface area contributed by atoms with Crippen LogP contribution in [-0.2, 0) is 9.53 Å². The third kappa shape index (κ3) is 2.11. The Bertz CT molecular complexity index is 306. The molecule has 2 atom stereocenters. The number of amides is 1. The summed E-state index contributed by atoms with van der Waals surface area (Å²) in [5.41, 5.74) is 5.34. The SMILES string of the molecule is NC(CC(=O)N1CCOC2CCCC21)=NO. The van der Waals surface area contributed by atoms with Gasteiger partial charge < -0.3 is 20.6 Å². The van der Waals surface area contributed by atoms with E-state index in [1.165, 1.54) is 0 Å². The third-order valence-corrected chi connectivity index (χ3v) is 3.26. The normalized spacial score (nSPS) is 30.2. The van der Waals surface area contributed by atoms with E-state index in [-0.39, 0.29) is 30.3 Å². The van der Waals surface area contributed by atoms with Gasteiger partial charge in [-0.1, -0.05) is 5.16 Å². The lowest BCUT2D eigenvalue weighted by molar-refractivity contribution is -0.142. The first-order valence-electron chi connectivity index (χ1n) is 5.60. The van der Waals surface area contributed by atoms with Gasteiger partial charge in [-0.3, -0.25) is 4.79 Å². The molecule has 1 amide bonds. The minimum Gasteiger partial charge on any atom is -0.409 e. The van der Waals surface area contributed by atoms with Crippen LogP contribution in [0.3, 0.4) is 0 Å². The van der Waals surface area contributed by atoms with E-state index in [9.17, 15) is 4.79 Å². The van der Waals surface area contributed by atoms with Gasteiger partial charge in [-0.15, -0.1) is 0 Å². The molecule has 90 valence electrons. The number of nitrogens with zero attached hydrogens (tertiary/aromatic N) is 2. The van der Waals surface area contributed by atoms with E-state index >= 15 is 0 Å². The smallest absolute Gasteiger partial charge is 0.230 e. The first-order valence-corrected chi connectivity index (χ1v) is 5.60. The van der Waals surface area contributed by atoms with E-state index in [4.69, 9.17) is 15.7 Å². The first-order chi connectivity index (χ1) is 7.72. The molecule has 2 aliphatic rings. The summed E-state index contributed by atoms with van der Waals surface area (Å²) in [6, 6.07) is 0.188. The molecule has 0 aromatic carbocycles. The van der Waals surface area contributed by atoms with Gasteiger partial charge in [-0.25, -0.2) is 0 Å². The molecule has 0 bridgehead atoms. The number of nitrogens with two attached hydrogens (primary N) is 1. The number of hydrogen-bond donors (Lipinski definition) is 2. The van der Waals surface area contributed by atoms with E-state index in [0.29, 0.717) is 13.2 Å². The highest BCUT2D eigenvalue weighted by Gasteiger charge is 2.38. The average Bonchev–Trinajstić information content (AvgIpc) is 2.76. The molecule has 0 aromatic heterocycles. The fourth-order valence-corrected chi connectivity index (χ4v) is 2.53. The summed E-state index contributed by atoms with van der Waals surface area (Å²) in [6.07, 6.45) is 3.29. The van der Waals surface area contributed by atoms with Crippen molar-refractivity contribution in [1.82, 2.24) is 4.90 Å². The fraction of sp³-hybridized carbons (Fsp3) is 0.800. The molecular weight excluding hydrogens is 210 g/mol. The van der Waals surface area contributed by atoms with Crippen LogP contribution in [0.1, 0.15) is 25.7 Å². The minimum absolute atomic E-state index is 0.0142. The predicted molar refractivity (Wildman–Crippen MR) is 57.1 cm³/mol. The Morgan fingerprint density at radius 3 is 3.12 bits per heavy atom. The van der Waals surface area contributed by atoms with Crippen molar-refractivity contribution in [2.24, 2.45) is 10.9 Å². The second-order valence-electron chi connectivity index (χ2n) is 4.26. The number of ether oxygens (including phenoxy) is 1. The summed E-state index contributed by atoms with van der Waals surface area (Å²) < 4.78 is 5.61. The number of hydrogen-bond acceptors (Lipinski definition) is 4. The minimum atomic E-state index is -0.0736. The number of amidine groups is 1. The highest BCUT2D eigenvalue weighted by molar-refractivity contribution is 5.98. The largest absolute Gasteiger partial charge is 0.409 e. The van der Waals surface area contributed by atoms with Crippen LogP contribution < -0.4 is 5.73 Å². The molecule has 1 aliphatic carbocycles. The van der Waals surface area contributed by atoms with Gasteiger partial charge in [-0.05, 0) is 19.3 Å². The average molecular weight is 227 g/mol.